The summed E-state index contributed by atoms with van der Waals surface area (Å²) in [5.41, 5.74) is 5.88. The number of hydrazone groups is 1. The highest BCUT2D eigenvalue weighted by Gasteiger charge is 2.09. The molecule has 0 atom stereocenters. The van der Waals surface area contributed by atoms with Crippen molar-refractivity contribution in [2.45, 2.75) is 0 Å². The monoisotopic (exact) mass is 449 g/mol. The number of aliphatic imine (C=N–C) groups is 1. The van der Waals surface area contributed by atoms with Gasteiger partial charge in [0.15, 0.2) is 11.5 Å². The summed E-state index contributed by atoms with van der Waals surface area (Å²) in [7, 11) is 4.86. The standard InChI is InChI=1S/C19H19N3O3S.BrH/c1-23-15-7-5-14(6-8-15)16-12-26-19(22-21-16)20-11-13-4-9-17(24-2)18(10-13)25-3;/h4-12,21H,1-3H3;1H/b20-11+;. The Balaban J connectivity index is 0.00000261. The van der Waals surface area contributed by atoms with Crippen molar-refractivity contribution >= 4 is 45.8 Å². The van der Waals surface area contributed by atoms with Crippen LogP contribution in [0.2, 0.25) is 0 Å². The van der Waals surface area contributed by atoms with Crippen LogP contribution in [0.15, 0.2) is 58.0 Å². The first-order valence-electron chi connectivity index (χ1n) is 7.84. The molecular formula is C19H20BrN3O3S. The lowest BCUT2D eigenvalue weighted by Gasteiger charge is -2.12. The molecule has 6 nitrogen and oxygen atoms in total. The molecule has 142 valence electrons. The van der Waals surface area contributed by atoms with E-state index in [2.05, 4.69) is 15.5 Å². The minimum Gasteiger partial charge on any atom is -0.497 e. The maximum atomic E-state index is 5.30. The SMILES string of the molecule is Br.COc1ccc(C2=CSC(/N=C/c3ccc(OC)c(OC)c3)=NN2)cc1. The Morgan fingerprint density at radius 1 is 0.963 bits per heavy atom. The Hall–Kier alpha value is -2.45. The molecule has 1 aliphatic rings. The Bertz CT molecular complexity index is 867. The number of hydrogen-bond donors (Lipinski definition) is 1. The number of halogens is 1. The van der Waals surface area contributed by atoms with Gasteiger partial charge in [0.05, 0.1) is 27.0 Å². The van der Waals surface area contributed by atoms with Crippen LogP contribution in [0.1, 0.15) is 11.1 Å². The van der Waals surface area contributed by atoms with Crippen LogP contribution in [-0.2, 0) is 0 Å². The second-order valence-corrected chi connectivity index (χ2v) is 6.09. The molecule has 2 aromatic carbocycles. The minimum absolute atomic E-state index is 0. The van der Waals surface area contributed by atoms with Crippen molar-refractivity contribution in [3.63, 3.8) is 0 Å². The van der Waals surface area contributed by atoms with Gasteiger partial charge in [-0.2, -0.15) is 0 Å². The first kappa shape index (κ1) is 20.9. The molecule has 0 aliphatic carbocycles. The molecule has 8 heteroatoms. The molecule has 0 saturated heterocycles. The molecule has 3 rings (SSSR count). The average Bonchev–Trinajstić information content (AvgIpc) is 2.72. The van der Waals surface area contributed by atoms with Gasteiger partial charge < -0.3 is 14.2 Å². The molecule has 0 saturated carbocycles. The second kappa shape index (κ2) is 10.0. The molecule has 0 aromatic heterocycles. The minimum atomic E-state index is 0. The van der Waals surface area contributed by atoms with Crippen molar-refractivity contribution in [2.24, 2.45) is 10.1 Å². The highest BCUT2D eigenvalue weighted by molar-refractivity contribution is 8.93. The van der Waals surface area contributed by atoms with Gasteiger partial charge in [0.1, 0.15) is 5.75 Å². The van der Waals surface area contributed by atoms with Gasteiger partial charge >= 0.3 is 0 Å². The van der Waals surface area contributed by atoms with Crippen LogP contribution in [0.25, 0.3) is 5.70 Å². The van der Waals surface area contributed by atoms with E-state index >= 15 is 0 Å². The number of ether oxygens (including phenoxy) is 3. The first-order valence-corrected chi connectivity index (χ1v) is 8.72. The zero-order valence-electron chi connectivity index (χ0n) is 15.1. The van der Waals surface area contributed by atoms with Crippen molar-refractivity contribution in [2.75, 3.05) is 21.3 Å². The zero-order chi connectivity index (χ0) is 18.4. The normalized spacial score (nSPS) is 13.1. The number of nitrogens with zero attached hydrogens (tertiary/aromatic N) is 2. The van der Waals surface area contributed by atoms with Gasteiger partial charge in [0.25, 0.3) is 0 Å². The topological polar surface area (TPSA) is 64.4 Å². The summed E-state index contributed by atoms with van der Waals surface area (Å²) in [4.78, 5) is 4.40. The molecule has 1 N–H and O–H groups in total. The molecule has 0 amide bonds. The van der Waals surface area contributed by atoms with Crippen LogP contribution < -0.4 is 19.6 Å². The Morgan fingerprint density at radius 2 is 1.70 bits per heavy atom. The van der Waals surface area contributed by atoms with Gasteiger partial charge in [-0.3, -0.25) is 5.43 Å². The third-order valence-corrected chi connectivity index (χ3v) is 4.45. The van der Waals surface area contributed by atoms with Crippen LogP contribution in [0.3, 0.4) is 0 Å². The summed E-state index contributed by atoms with van der Waals surface area (Å²) in [6.45, 7) is 0. The van der Waals surface area contributed by atoms with Gasteiger partial charge in [-0.1, -0.05) is 11.8 Å². The van der Waals surface area contributed by atoms with Gasteiger partial charge in [0, 0.05) is 17.2 Å². The van der Waals surface area contributed by atoms with E-state index in [1.165, 1.54) is 11.8 Å². The fourth-order valence-corrected chi connectivity index (χ4v) is 2.92. The molecule has 0 spiro atoms. The Kier molecular flexibility index (Phi) is 7.75. The van der Waals surface area contributed by atoms with Crippen LogP contribution >= 0.6 is 28.7 Å². The molecule has 1 heterocycles. The predicted octanol–water partition coefficient (Wildman–Crippen LogP) is 4.32. The number of benzene rings is 2. The average molecular weight is 450 g/mol. The molecular weight excluding hydrogens is 430 g/mol. The van der Waals surface area contributed by atoms with E-state index < -0.39 is 0 Å². The van der Waals surface area contributed by atoms with Gasteiger partial charge in [-0.25, -0.2) is 4.99 Å². The van der Waals surface area contributed by atoms with E-state index in [4.69, 9.17) is 14.2 Å². The van der Waals surface area contributed by atoms with Gasteiger partial charge in [0.2, 0.25) is 5.17 Å². The molecule has 2 aromatic rings. The Morgan fingerprint density at radius 3 is 2.30 bits per heavy atom. The van der Waals surface area contributed by atoms with Crippen molar-refractivity contribution in [3.8, 4) is 17.2 Å². The van der Waals surface area contributed by atoms with E-state index in [1.807, 2.05) is 47.9 Å². The number of methoxy groups -OCH3 is 3. The third kappa shape index (κ3) is 5.27. The maximum Gasteiger partial charge on any atom is 0.210 e. The molecule has 0 unspecified atom stereocenters. The van der Waals surface area contributed by atoms with Gasteiger partial charge in [-0.05, 0) is 48.0 Å². The first-order chi connectivity index (χ1) is 12.7. The third-order valence-electron chi connectivity index (χ3n) is 3.69. The summed E-state index contributed by atoms with van der Waals surface area (Å²) in [6.07, 6.45) is 1.74. The van der Waals surface area contributed by atoms with E-state index in [0.717, 1.165) is 22.6 Å². The zero-order valence-corrected chi connectivity index (χ0v) is 17.7. The lowest BCUT2D eigenvalue weighted by atomic mass is 10.2. The van der Waals surface area contributed by atoms with Crippen LogP contribution in [0, 0.1) is 0 Å². The van der Waals surface area contributed by atoms with E-state index in [-0.39, 0.29) is 17.0 Å². The molecule has 27 heavy (non-hydrogen) atoms. The Labute approximate surface area is 173 Å². The van der Waals surface area contributed by atoms with Gasteiger partial charge in [-0.15, -0.1) is 22.1 Å². The highest BCUT2D eigenvalue weighted by atomic mass is 79.9. The quantitative estimate of drug-likeness (QED) is 0.688. The summed E-state index contributed by atoms with van der Waals surface area (Å²) < 4.78 is 15.7. The molecule has 0 bridgehead atoms. The summed E-state index contributed by atoms with van der Waals surface area (Å²) in [5, 5.41) is 6.90. The molecule has 1 aliphatic heterocycles. The van der Waals surface area contributed by atoms with Crippen molar-refractivity contribution in [1.82, 2.24) is 5.43 Å². The lowest BCUT2D eigenvalue weighted by Crippen LogP contribution is -2.10. The number of rotatable bonds is 5. The molecule has 0 radical (unpaired) electrons. The van der Waals surface area contributed by atoms with Crippen molar-refractivity contribution in [1.29, 1.82) is 0 Å². The highest BCUT2D eigenvalue weighted by Crippen LogP contribution is 2.27. The number of thioether (sulfide) groups is 1. The number of amidine groups is 1. The van der Waals surface area contributed by atoms with Crippen LogP contribution in [0.5, 0.6) is 17.2 Å². The van der Waals surface area contributed by atoms with Crippen LogP contribution in [-0.4, -0.2) is 32.7 Å². The second-order valence-electron chi connectivity index (χ2n) is 5.26. The summed E-state index contributed by atoms with van der Waals surface area (Å²) in [6, 6.07) is 13.4. The smallest absolute Gasteiger partial charge is 0.210 e. The van der Waals surface area contributed by atoms with E-state index in [1.54, 1.807) is 27.5 Å². The maximum absolute atomic E-state index is 5.30. The van der Waals surface area contributed by atoms with Crippen molar-refractivity contribution in [3.05, 3.63) is 59.0 Å². The van der Waals surface area contributed by atoms with E-state index in [0.29, 0.717) is 16.7 Å². The lowest BCUT2D eigenvalue weighted by molar-refractivity contribution is 0.355. The summed E-state index contributed by atoms with van der Waals surface area (Å²) >= 11 is 1.45. The molecule has 0 fully saturated rings. The fraction of sp³-hybridized carbons (Fsp3) is 0.158. The fourth-order valence-electron chi connectivity index (χ4n) is 2.30. The van der Waals surface area contributed by atoms with E-state index in [9.17, 15) is 0 Å². The predicted molar refractivity (Wildman–Crippen MR) is 117 cm³/mol. The van der Waals surface area contributed by atoms with Crippen molar-refractivity contribution < 1.29 is 14.2 Å². The number of nitrogens with one attached hydrogen (secondary N) is 1. The summed E-state index contributed by atoms with van der Waals surface area (Å²) in [5.74, 6) is 2.17. The largest absolute Gasteiger partial charge is 0.497 e. The van der Waals surface area contributed by atoms with Crippen LogP contribution in [0.4, 0.5) is 0 Å². The number of hydrogen-bond acceptors (Lipinski definition) is 7.